The van der Waals surface area contributed by atoms with Crippen LogP contribution in [0.15, 0.2) is 29.3 Å². The van der Waals surface area contributed by atoms with Gasteiger partial charge >= 0.3 is 0 Å². The summed E-state index contributed by atoms with van der Waals surface area (Å²) in [5.74, 6) is 1.82. The van der Waals surface area contributed by atoms with E-state index in [0.29, 0.717) is 6.04 Å². The zero-order valence-corrected chi connectivity index (χ0v) is 18.4. The quantitative estimate of drug-likeness (QED) is 0.476. The number of aliphatic imine (C=N–C) groups is 1. The number of nitrogens with zero attached hydrogens (tertiary/aromatic N) is 3. The maximum absolute atomic E-state index is 5.64. The number of guanidine groups is 1. The van der Waals surface area contributed by atoms with Gasteiger partial charge in [-0.15, -0.1) is 0 Å². The molecule has 6 heteroatoms. The fourth-order valence-electron chi connectivity index (χ4n) is 3.73. The van der Waals surface area contributed by atoms with E-state index in [-0.39, 0.29) is 6.04 Å². The van der Waals surface area contributed by atoms with Crippen LogP contribution in [0.4, 0.5) is 0 Å². The van der Waals surface area contributed by atoms with Crippen molar-refractivity contribution < 1.29 is 4.74 Å². The smallest absolute Gasteiger partial charge is 0.191 e. The van der Waals surface area contributed by atoms with E-state index in [1.165, 1.54) is 24.8 Å². The van der Waals surface area contributed by atoms with E-state index >= 15 is 0 Å². The average molecular weight is 390 g/mol. The Morgan fingerprint density at radius 3 is 2.61 bits per heavy atom. The lowest BCUT2D eigenvalue weighted by Gasteiger charge is -2.30. The van der Waals surface area contributed by atoms with E-state index in [0.717, 1.165) is 44.4 Å². The van der Waals surface area contributed by atoms with Crippen LogP contribution < -0.4 is 15.4 Å². The average Bonchev–Trinajstić information content (AvgIpc) is 3.26. The van der Waals surface area contributed by atoms with Crippen molar-refractivity contribution in [3.63, 3.8) is 0 Å². The van der Waals surface area contributed by atoms with E-state index in [9.17, 15) is 0 Å². The van der Waals surface area contributed by atoms with Crippen molar-refractivity contribution in [3.05, 3.63) is 29.8 Å². The van der Waals surface area contributed by atoms with Gasteiger partial charge in [-0.05, 0) is 52.4 Å². The molecule has 2 rings (SSSR count). The molecule has 158 valence electrons. The number of rotatable bonds is 10. The van der Waals surface area contributed by atoms with E-state index in [4.69, 9.17) is 4.74 Å². The van der Waals surface area contributed by atoms with Gasteiger partial charge in [-0.25, -0.2) is 0 Å². The highest BCUT2D eigenvalue weighted by Crippen LogP contribution is 2.31. The molecule has 1 aromatic carbocycles. The van der Waals surface area contributed by atoms with Crippen molar-refractivity contribution in [2.45, 2.75) is 45.2 Å². The van der Waals surface area contributed by atoms with Crippen LogP contribution in [0, 0.1) is 0 Å². The van der Waals surface area contributed by atoms with Crippen LogP contribution >= 0.6 is 0 Å². The predicted octanol–water partition coefficient (Wildman–Crippen LogP) is 2.73. The highest BCUT2D eigenvalue weighted by atomic mass is 16.5. The summed E-state index contributed by atoms with van der Waals surface area (Å²) in [6, 6.07) is 9.24. The molecule has 0 aromatic heterocycles. The molecule has 1 saturated heterocycles. The third-order valence-electron chi connectivity index (χ3n) is 5.87. The van der Waals surface area contributed by atoms with E-state index < -0.39 is 0 Å². The summed E-state index contributed by atoms with van der Waals surface area (Å²) in [6.07, 6.45) is 3.70. The first-order chi connectivity index (χ1) is 13.6. The molecule has 28 heavy (non-hydrogen) atoms. The van der Waals surface area contributed by atoms with Crippen LogP contribution in [0.3, 0.4) is 0 Å². The van der Waals surface area contributed by atoms with Gasteiger partial charge in [0, 0.05) is 38.3 Å². The summed E-state index contributed by atoms with van der Waals surface area (Å²) < 4.78 is 5.64. The lowest BCUT2D eigenvalue weighted by molar-refractivity contribution is 0.239. The molecule has 0 amide bonds. The normalized spacial score (nSPS) is 17.6. The Balaban J connectivity index is 1.96. The van der Waals surface area contributed by atoms with Crippen LogP contribution in [0.2, 0.25) is 0 Å². The first-order valence-corrected chi connectivity index (χ1v) is 10.6. The summed E-state index contributed by atoms with van der Waals surface area (Å²) in [4.78, 5) is 9.34. The summed E-state index contributed by atoms with van der Waals surface area (Å²) in [7, 11) is 5.76. The first-order valence-electron chi connectivity index (χ1n) is 10.6. The molecule has 0 spiro atoms. The zero-order chi connectivity index (χ0) is 20.4. The molecule has 1 heterocycles. The monoisotopic (exact) mass is 389 g/mol. The lowest BCUT2D eigenvalue weighted by atomic mass is 10.0. The van der Waals surface area contributed by atoms with Crippen molar-refractivity contribution >= 4 is 5.96 Å². The van der Waals surface area contributed by atoms with E-state index in [1.54, 1.807) is 7.11 Å². The highest BCUT2D eigenvalue weighted by Gasteiger charge is 2.26. The number of para-hydroxylation sites is 1. The maximum Gasteiger partial charge on any atom is 0.191 e. The topological polar surface area (TPSA) is 52.1 Å². The molecule has 1 aliphatic rings. The van der Waals surface area contributed by atoms with Crippen LogP contribution in [-0.2, 0) is 0 Å². The Kier molecular flexibility index (Phi) is 9.58. The molecule has 2 unspecified atom stereocenters. The minimum atomic E-state index is 0.278. The third kappa shape index (κ3) is 6.38. The van der Waals surface area contributed by atoms with Gasteiger partial charge in [-0.1, -0.05) is 25.1 Å². The molecular formula is C22H39N5O. The van der Waals surface area contributed by atoms with Gasteiger partial charge in [0.1, 0.15) is 5.75 Å². The molecule has 1 aliphatic heterocycles. The molecule has 1 aromatic rings. The maximum atomic E-state index is 5.64. The highest BCUT2D eigenvalue weighted by molar-refractivity contribution is 5.79. The first kappa shape index (κ1) is 22.5. The summed E-state index contributed by atoms with van der Waals surface area (Å²) in [5, 5.41) is 6.99. The second kappa shape index (κ2) is 11.9. The second-order valence-electron chi connectivity index (χ2n) is 7.62. The number of hydrogen-bond donors (Lipinski definition) is 2. The van der Waals surface area contributed by atoms with Crippen LogP contribution in [-0.4, -0.2) is 75.7 Å². The largest absolute Gasteiger partial charge is 0.496 e. The van der Waals surface area contributed by atoms with Crippen molar-refractivity contribution in [1.82, 2.24) is 20.4 Å². The molecule has 0 saturated carbocycles. The summed E-state index contributed by atoms with van der Waals surface area (Å²) in [5.41, 5.74) is 1.24. The van der Waals surface area contributed by atoms with Crippen molar-refractivity contribution in [1.29, 1.82) is 0 Å². The van der Waals surface area contributed by atoms with Crippen LogP contribution in [0.5, 0.6) is 5.75 Å². The molecule has 0 bridgehead atoms. The number of benzene rings is 1. The van der Waals surface area contributed by atoms with Crippen molar-refractivity contribution in [3.8, 4) is 5.75 Å². The van der Waals surface area contributed by atoms with Crippen LogP contribution in [0.1, 0.15) is 44.7 Å². The number of likely N-dealkylation sites (N-methyl/N-ethyl adjacent to an activating group) is 1. The van der Waals surface area contributed by atoms with Gasteiger partial charge in [-0.3, -0.25) is 9.89 Å². The Hall–Kier alpha value is -1.79. The number of methoxy groups -OCH3 is 1. The zero-order valence-electron chi connectivity index (χ0n) is 18.4. The van der Waals surface area contributed by atoms with E-state index in [1.807, 2.05) is 13.1 Å². The van der Waals surface area contributed by atoms with Gasteiger partial charge in [0.2, 0.25) is 0 Å². The van der Waals surface area contributed by atoms with Gasteiger partial charge in [0.15, 0.2) is 5.96 Å². The Bertz CT molecular complexity index is 600. The molecule has 0 aliphatic carbocycles. The standard InChI is InChI=1S/C22H39N5O/c1-6-18(2)26(4)16-13-24-22(23-3)25-17-20(27-14-9-10-15-27)19-11-7-8-12-21(19)28-5/h7-8,11-12,18,20H,6,9-10,13-17H2,1-5H3,(H2,23,24,25). The van der Waals surface area contributed by atoms with Gasteiger partial charge in [0.05, 0.1) is 13.2 Å². The fraction of sp³-hybridized carbons (Fsp3) is 0.682. The predicted molar refractivity (Wildman–Crippen MR) is 118 cm³/mol. The lowest BCUT2D eigenvalue weighted by Crippen LogP contribution is -2.45. The fourth-order valence-corrected chi connectivity index (χ4v) is 3.73. The number of hydrogen-bond acceptors (Lipinski definition) is 4. The Morgan fingerprint density at radius 1 is 1.25 bits per heavy atom. The van der Waals surface area contributed by atoms with Gasteiger partial charge in [0.25, 0.3) is 0 Å². The molecule has 6 nitrogen and oxygen atoms in total. The van der Waals surface area contributed by atoms with Crippen molar-refractivity contribution in [2.75, 3.05) is 53.9 Å². The van der Waals surface area contributed by atoms with Crippen molar-refractivity contribution in [2.24, 2.45) is 4.99 Å². The van der Waals surface area contributed by atoms with Crippen LogP contribution in [0.25, 0.3) is 0 Å². The minimum absolute atomic E-state index is 0.278. The van der Waals surface area contributed by atoms with Gasteiger partial charge in [-0.2, -0.15) is 0 Å². The van der Waals surface area contributed by atoms with E-state index in [2.05, 4.69) is 64.5 Å². The summed E-state index contributed by atoms with van der Waals surface area (Å²) >= 11 is 0. The SMILES string of the molecule is CCC(C)N(C)CCNC(=NC)NCC(c1ccccc1OC)N1CCCC1. The Morgan fingerprint density at radius 2 is 1.96 bits per heavy atom. The molecule has 2 N–H and O–H groups in total. The number of ether oxygens (including phenoxy) is 1. The minimum Gasteiger partial charge on any atom is -0.496 e. The number of likely N-dealkylation sites (tertiary alicyclic amines) is 1. The molecule has 2 atom stereocenters. The molecular weight excluding hydrogens is 350 g/mol. The Labute approximate surface area is 171 Å². The van der Waals surface area contributed by atoms with Gasteiger partial charge < -0.3 is 20.3 Å². The molecule has 0 radical (unpaired) electrons. The summed E-state index contributed by atoms with van der Waals surface area (Å²) in [6.45, 7) is 9.45. The second-order valence-corrected chi connectivity index (χ2v) is 7.62. The number of nitrogens with one attached hydrogen (secondary N) is 2. The third-order valence-corrected chi connectivity index (χ3v) is 5.87. The molecule has 1 fully saturated rings.